The van der Waals surface area contributed by atoms with Crippen LogP contribution in [0.25, 0.3) is 11.3 Å². The lowest BCUT2D eigenvalue weighted by molar-refractivity contribution is 0.0995. The monoisotopic (exact) mass is 481 g/mol. The molecule has 33 heavy (non-hydrogen) atoms. The zero-order valence-electron chi connectivity index (χ0n) is 18.3. The molecule has 0 saturated carbocycles. The number of piperidine rings is 1. The molecule has 5 rings (SSSR count). The Kier molecular flexibility index (Phi) is 5.55. The van der Waals surface area contributed by atoms with Crippen LogP contribution in [0.5, 0.6) is 0 Å². The molecule has 170 valence electrons. The first-order chi connectivity index (χ1) is 15.8. The largest absolute Gasteiger partial charge is 0.364 e. The van der Waals surface area contributed by atoms with Gasteiger partial charge in [0.1, 0.15) is 0 Å². The van der Waals surface area contributed by atoms with Crippen LogP contribution in [0.1, 0.15) is 46.2 Å². The number of aryl methyl sites for hydroxylation is 1. The summed E-state index contributed by atoms with van der Waals surface area (Å²) in [5.74, 6) is -0.108. The van der Waals surface area contributed by atoms with Gasteiger partial charge in [-0.2, -0.15) is 0 Å². The summed E-state index contributed by atoms with van der Waals surface area (Å²) in [5, 5.41) is 0.782. The van der Waals surface area contributed by atoms with Gasteiger partial charge in [0.05, 0.1) is 21.4 Å². The minimum absolute atomic E-state index is 0.0200. The summed E-state index contributed by atoms with van der Waals surface area (Å²) in [6.45, 7) is 3.31. The van der Waals surface area contributed by atoms with E-state index in [4.69, 9.17) is 39.7 Å². The molecule has 0 radical (unpaired) electrons. The fraction of sp³-hybridized carbons (Fsp3) is 0.320. The summed E-state index contributed by atoms with van der Waals surface area (Å²) in [5.41, 5.74) is 17.0. The maximum absolute atomic E-state index is 12.4. The molecule has 1 aromatic heterocycles. The van der Waals surface area contributed by atoms with Crippen molar-refractivity contribution in [3.8, 4) is 11.3 Å². The van der Waals surface area contributed by atoms with E-state index in [1.54, 1.807) is 18.2 Å². The van der Waals surface area contributed by atoms with Crippen molar-refractivity contribution >= 4 is 34.9 Å². The molecule has 1 saturated heterocycles. The van der Waals surface area contributed by atoms with Crippen LogP contribution in [0.4, 0.5) is 5.82 Å². The van der Waals surface area contributed by atoms with Crippen LogP contribution < -0.4 is 16.4 Å². The number of carbonyl (C=O) groups is 1. The number of anilines is 1. The number of benzene rings is 2. The zero-order valence-corrected chi connectivity index (χ0v) is 19.8. The molecule has 0 unspecified atom stereocenters. The lowest BCUT2D eigenvalue weighted by atomic mass is 9.73. The minimum Gasteiger partial charge on any atom is -0.364 e. The number of aromatic nitrogens is 2. The summed E-state index contributed by atoms with van der Waals surface area (Å²) in [4.78, 5) is 23.9. The second kappa shape index (κ2) is 8.28. The number of halogens is 2. The van der Waals surface area contributed by atoms with Crippen molar-refractivity contribution in [1.82, 2.24) is 9.97 Å². The summed E-state index contributed by atoms with van der Waals surface area (Å²) in [7, 11) is 0. The van der Waals surface area contributed by atoms with E-state index < -0.39 is 5.91 Å². The smallest absolute Gasteiger partial charge is 0.271 e. The fourth-order valence-electron chi connectivity index (χ4n) is 5.30. The van der Waals surface area contributed by atoms with Crippen molar-refractivity contribution in [1.29, 1.82) is 0 Å². The highest BCUT2D eigenvalue weighted by Crippen LogP contribution is 2.51. The van der Waals surface area contributed by atoms with E-state index in [0.29, 0.717) is 32.8 Å². The van der Waals surface area contributed by atoms with Gasteiger partial charge in [-0.3, -0.25) is 4.79 Å². The first-order valence-corrected chi connectivity index (χ1v) is 11.8. The van der Waals surface area contributed by atoms with Gasteiger partial charge in [-0.25, -0.2) is 9.97 Å². The van der Waals surface area contributed by atoms with Gasteiger partial charge in [0.25, 0.3) is 5.91 Å². The maximum Gasteiger partial charge on any atom is 0.271 e. The van der Waals surface area contributed by atoms with Gasteiger partial charge < -0.3 is 16.4 Å². The highest BCUT2D eigenvalue weighted by atomic mass is 35.5. The van der Waals surface area contributed by atoms with Crippen LogP contribution in [0, 0.1) is 12.3 Å². The van der Waals surface area contributed by atoms with E-state index in [0.717, 1.165) is 32.4 Å². The molecule has 2 aliphatic rings. The third kappa shape index (κ3) is 3.66. The third-order valence-corrected chi connectivity index (χ3v) is 7.96. The Morgan fingerprint density at radius 3 is 2.52 bits per heavy atom. The molecule has 8 heteroatoms. The van der Waals surface area contributed by atoms with E-state index in [2.05, 4.69) is 34.1 Å². The quantitative estimate of drug-likeness (QED) is 0.564. The maximum atomic E-state index is 12.4. The standard InChI is InChI=1S/C25H25Cl2N5O/c1-14-20(17-7-4-8-18(26)19(17)27)31-21(23(29)33)24(30-14)32-11-9-25(10-12-32)13-15-5-2-3-6-16(15)22(25)28/h2-8,22H,9-13,28H2,1H3,(H2,29,33)/t22-/m1/s1. The third-order valence-electron chi connectivity index (χ3n) is 7.14. The summed E-state index contributed by atoms with van der Waals surface area (Å²) >= 11 is 12.6. The second-order valence-corrected chi connectivity index (χ2v) is 9.78. The van der Waals surface area contributed by atoms with Crippen LogP contribution in [0.2, 0.25) is 10.0 Å². The molecule has 1 aliphatic heterocycles. The van der Waals surface area contributed by atoms with E-state index in [-0.39, 0.29) is 17.2 Å². The van der Waals surface area contributed by atoms with Crippen LogP contribution >= 0.6 is 23.2 Å². The number of nitrogens with two attached hydrogens (primary N) is 2. The number of hydrogen-bond acceptors (Lipinski definition) is 5. The summed E-state index contributed by atoms with van der Waals surface area (Å²) < 4.78 is 0. The van der Waals surface area contributed by atoms with Gasteiger partial charge in [0.2, 0.25) is 0 Å². The number of amides is 1. The van der Waals surface area contributed by atoms with Crippen molar-refractivity contribution in [2.75, 3.05) is 18.0 Å². The Bertz CT molecular complexity index is 1250. The predicted molar refractivity (Wildman–Crippen MR) is 132 cm³/mol. The highest BCUT2D eigenvalue weighted by Gasteiger charge is 2.46. The van der Waals surface area contributed by atoms with Crippen LogP contribution in [0.15, 0.2) is 42.5 Å². The predicted octanol–water partition coefficient (Wildman–Crippen LogP) is 4.70. The lowest BCUT2D eigenvalue weighted by Crippen LogP contribution is -2.45. The molecule has 1 atom stereocenters. The van der Waals surface area contributed by atoms with Gasteiger partial charge in [0, 0.05) is 24.7 Å². The average Bonchev–Trinajstić information content (AvgIpc) is 3.07. The van der Waals surface area contributed by atoms with Crippen molar-refractivity contribution < 1.29 is 4.79 Å². The Morgan fingerprint density at radius 1 is 1.09 bits per heavy atom. The highest BCUT2D eigenvalue weighted by molar-refractivity contribution is 6.43. The number of nitrogens with zero attached hydrogens (tertiary/aromatic N) is 3. The van der Waals surface area contributed by atoms with E-state index in [1.165, 1.54) is 11.1 Å². The molecule has 2 aromatic carbocycles. The molecule has 0 bridgehead atoms. The Balaban J connectivity index is 1.46. The Labute approximate surface area is 202 Å². The van der Waals surface area contributed by atoms with Gasteiger partial charge in [-0.15, -0.1) is 0 Å². The van der Waals surface area contributed by atoms with E-state index >= 15 is 0 Å². The van der Waals surface area contributed by atoms with Crippen molar-refractivity contribution in [2.45, 2.75) is 32.2 Å². The molecule has 6 nitrogen and oxygen atoms in total. The molecule has 2 heterocycles. The zero-order chi connectivity index (χ0) is 23.3. The van der Waals surface area contributed by atoms with E-state index in [1.807, 2.05) is 6.92 Å². The number of carbonyl (C=O) groups excluding carboxylic acids is 1. The molecular weight excluding hydrogens is 457 g/mol. The van der Waals surface area contributed by atoms with Crippen molar-refractivity contribution in [3.63, 3.8) is 0 Å². The molecule has 4 N–H and O–H groups in total. The van der Waals surface area contributed by atoms with E-state index in [9.17, 15) is 4.79 Å². The molecule has 1 amide bonds. The fourth-order valence-corrected chi connectivity index (χ4v) is 5.69. The first kappa shape index (κ1) is 22.1. The van der Waals surface area contributed by atoms with Gasteiger partial charge >= 0.3 is 0 Å². The Hall–Kier alpha value is -2.67. The molecule has 1 fully saturated rings. The van der Waals surface area contributed by atoms with Crippen LogP contribution in [-0.4, -0.2) is 29.0 Å². The molecule has 3 aromatic rings. The SMILES string of the molecule is Cc1nc(N2CCC3(CC2)Cc2ccccc2[C@H]3N)c(C(N)=O)nc1-c1cccc(Cl)c1Cl. The summed E-state index contributed by atoms with van der Waals surface area (Å²) in [6.07, 6.45) is 2.80. The topological polar surface area (TPSA) is 98.1 Å². The summed E-state index contributed by atoms with van der Waals surface area (Å²) in [6, 6.07) is 13.8. The molecule has 1 aliphatic carbocycles. The second-order valence-electron chi connectivity index (χ2n) is 9.00. The first-order valence-electron chi connectivity index (χ1n) is 11.0. The van der Waals surface area contributed by atoms with Gasteiger partial charge in [0.15, 0.2) is 11.5 Å². The van der Waals surface area contributed by atoms with Crippen LogP contribution in [-0.2, 0) is 6.42 Å². The Morgan fingerprint density at radius 2 is 1.82 bits per heavy atom. The molecule has 1 spiro atoms. The van der Waals surface area contributed by atoms with Gasteiger partial charge in [-0.05, 0) is 48.8 Å². The van der Waals surface area contributed by atoms with Gasteiger partial charge in [-0.1, -0.05) is 59.6 Å². The number of rotatable bonds is 3. The molecular formula is C25H25Cl2N5O. The normalized spacial score (nSPS) is 19.0. The number of hydrogen-bond donors (Lipinski definition) is 2. The number of primary amides is 1. The lowest BCUT2D eigenvalue weighted by Gasteiger charge is -2.42. The number of fused-ring (bicyclic) bond motifs is 1. The average molecular weight is 482 g/mol. The minimum atomic E-state index is -0.623. The van der Waals surface area contributed by atoms with Crippen molar-refractivity contribution in [3.05, 3.63) is 75.0 Å². The van der Waals surface area contributed by atoms with Crippen LogP contribution in [0.3, 0.4) is 0 Å². The van der Waals surface area contributed by atoms with Crippen molar-refractivity contribution in [2.24, 2.45) is 16.9 Å².